The first-order valence-electron chi connectivity index (χ1n) is 9.08. The Labute approximate surface area is 179 Å². The van der Waals surface area contributed by atoms with Gasteiger partial charge < -0.3 is 9.64 Å². The van der Waals surface area contributed by atoms with Crippen molar-refractivity contribution in [3.63, 3.8) is 0 Å². The number of halogens is 3. The lowest BCUT2D eigenvalue weighted by Gasteiger charge is -2.29. The largest absolute Gasteiger partial charge is 0.491 e. The Morgan fingerprint density at radius 2 is 1.83 bits per heavy atom. The number of hydrogen-bond donors (Lipinski definition) is 0. The lowest BCUT2D eigenvalue weighted by atomic mass is 10.1. The summed E-state index contributed by atoms with van der Waals surface area (Å²) in [7, 11) is -3.21. The summed E-state index contributed by atoms with van der Waals surface area (Å²) in [6.45, 7) is 2.29. The van der Waals surface area contributed by atoms with Gasteiger partial charge in [0, 0.05) is 18.2 Å². The van der Waals surface area contributed by atoms with Gasteiger partial charge in [-0.3, -0.25) is 4.79 Å². The van der Waals surface area contributed by atoms with Gasteiger partial charge >= 0.3 is 0 Å². The molecule has 0 N–H and O–H groups in total. The SMILES string of the molecule is CCOc1c(Cl)cc(C(=O)N(Cc2ccc(F)cc2)C2CCS(=O)(=O)C2)cc1Cl. The molecule has 29 heavy (non-hydrogen) atoms. The van der Waals surface area contributed by atoms with Crippen molar-refractivity contribution in [1.82, 2.24) is 4.90 Å². The first kappa shape index (κ1) is 21.9. The molecule has 9 heteroatoms. The Bertz CT molecular complexity index is 989. The fraction of sp³-hybridized carbons (Fsp3) is 0.350. The minimum Gasteiger partial charge on any atom is -0.491 e. The zero-order chi connectivity index (χ0) is 21.2. The van der Waals surface area contributed by atoms with Gasteiger partial charge in [0.05, 0.1) is 28.2 Å². The molecule has 0 aromatic heterocycles. The van der Waals surface area contributed by atoms with Crippen molar-refractivity contribution in [3.8, 4) is 5.75 Å². The van der Waals surface area contributed by atoms with E-state index in [-0.39, 0.29) is 39.5 Å². The van der Waals surface area contributed by atoms with E-state index in [1.54, 1.807) is 19.1 Å². The van der Waals surface area contributed by atoms with Crippen LogP contribution < -0.4 is 4.74 Å². The van der Waals surface area contributed by atoms with Crippen LogP contribution in [0, 0.1) is 5.82 Å². The highest BCUT2D eigenvalue weighted by Gasteiger charge is 2.35. The summed E-state index contributed by atoms with van der Waals surface area (Å²) >= 11 is 12.5. The zero-order valence-corrected chi connectivity index (χ0v) is 18.0. The first-order valence-corrected chi connectivity index (χ1v) is 11.7. The van der Waals surface area contributed by atoms with Crippen molar-refractivity contribution in [2.75, 3.05) is 18.1 Å². The highest BCUT2D eigenvalue weighted by atomic mass is 35.5. The lowest BCUT2D eigenvalue weighted by Crippen LogP contribution is -2.40. The second-order valence-corrected chi connectivity index (χ2v) is 9.86. The number of amides is 1. The van der Waals surface area contributed by atoms with Crippen LogP contribution in [0.2, 0.25) is 10.0 Å². The lowest BCUT2D eigenvalue weighted by molar-refractivity contribution is 0.0681. The molecule has 1 fully saturated rings. The summed E-state index contributed by atoms with van der Waals surface area (Å²) in [5.74, 6) is -0.585. The molecule has 1 saturated heterocycles. The fourth-order valence-electron chi connectivity index (χ4n) is 3.31. The molecule has 2 aromatic rings. The van der Waals surface area contributed by atoms with Crippen molar-refractivity contribution in [3.05, 3.63) is 63.4 Å². The monoisotopic (exact) mass is 459 g/mol. The first-order chi connectivity index (χ1) is 13.7. The van der Waals surface area contributed by atoms with E-state index in [0.717, 1.165) is 0 Å². The molecular weight excluding hydrogens is 440 g/mol. The van der Waals surface area contributed by atoms with E-state index in [1.165, 1.54) is 29.2 Å². The van der Waals surface area contributed by atoms with Crippen LogP contribution in [0.25, 0.3) is 0 Å². The number of carbonyl (C=O) groups is 1. The van der Waals surface area contributed by atoms with Crippen molar-refractivity contribution in [1.29, 1.82) is 0 Å². The van der Waals surface area contributed by atoms with Crippen LogP contribution in [0.1, 0.15) is 29.3 Å². The zero-order valence-electron chi connectivity index (χ0n) is 15.7. The van der Waals surface area contributed by atoms with Gasteiger partial charge in [0.1, 0.15) is 5.82 Å². The highest BCUT2D eigenvalue weighted by Crippen LogP contribution is 2.35. The molecule has 156 valence electrons. The van der Waals surface area contributed by atoms with Crippen LogP contribution in [-0.4, -0.2) is 43.4 Å². The van der Waals surface area contributed by atoms with E-state index in [1.807, 2.05) is 0 Å². The van der Waals surface area contributed by atoms with Gasteiger partial charge in [0.2, 0.25) is 0 Å². The molecule has 3 rings (SSSR count). The number of benzene rings is 2. The Hall–Kier alpha value is -1.83. The normalized spacial score (nSPS) is 17.9. The second kappa shape index (κ2) is 8.90. The van der Waals surface area contributed by atoms with Gasteiger partial charge in [-0.25, -0.2) is 12.8 Å². The van der Waals surface area contributed by atoms with Crippen LogP contribution in [0.15, 0.2) is 36.4 Å². The Kier molecular flexibility index (Phi) is 6.71. The summed E-state index contributed by atoms with van der Waals surface area (Å²) in [6, 6.07) is 8.17. The average Bonchev–Trinajstić information content (AvgIpc) is 3.03. The van der Waals surface area contributed by atoms with E-state index in [2.05, 4.69) is 0 Å². The predicted octanol–water partition coefficient (Wildman–Crippen LogP) is 4.36. The maximum atomic E-state index is 13.3. The third-order valence-corrected chi connectivity index (χ3v) is 7.02. The number of sulfone groups is 1. The van der Waals surface area contributed by atoms with Crippen molar-refractivity contribution >= 4 is 38.9 Å². The van der Waals surface area contributed by atoms with Crippen molar-refractivity contribution in [2.45, 2.75) is 25.9 Å². The minimum absolute atomic E-state index is 0.0235. The maximum absolute atomic E-state index is 13.3. The molecule has 1 heterocycles. The molecule has 1 aliphatic heterocycles. The molecule has 1 amide bonds. The summed E-state index contributed by atoms with van der Waals surface area (Å²) < 4.78 is 42.6. The predicted molar refractivity (Wildman–Crippen MR) is 111 cm³/mol. The quantitative estimate of drug-likeness (QED) is 0.643. The van der Waals surface area contributed by atoms with E-state index in [0.29, 0.717) is 24.3 Å². The maximum Gasteiger partial charge on any atom is 0.254 e. The van der Waals surface area contributed by atoms with E-state index >= 15 is 0 Å². The van der Waals surface area contributed by atoms with Crippen LogP contribution in [0.3, 0.4) is 0 Å². The van der Waals surface area contributed by atoms with E-state index < -0.39 is 21.8 Å². The number of hydrogen-bond acceptors (Lipinski definition) is 4. The molecule has 5 nitrogen and oxygen atoms in total. The fourth-order valence-corrected chi connectivity index (χ4v) is 5.63. The third kappa shape index (κ3) is 5.21. The van der Waals surface area contributed by atoms with Gasteiger partial charge in [-0.05, 0) is 43.2 Å². The minimum atomic E-state index is -3.21. The van der Waals surface area contributed by atoms with Gasteiger partial charge in [0.15, 0.2) is 15.6 Å². The van der Waals surface area contributed by atoms with Crippen molar-refractivity contribution in [2.24, 2.45) is 0 Å². The van der Waals surface area contributed by atoms with Crippen LogP contribution in [0.4, 0.5) is 4.39 Å². The molecule has 0 spiro atoms. The highest BCUT2D eigenvalue weighted by molar-refractivity contribution is 7.91. The topological polar surface area (TPSA) is 63.7 Å². The van der Waals surface area contributed by atoms with Crippen molar-refractivity contribution < 1.29 is 22.3 Å². The smallest absolute Gasteiger partial charge is 0.254 e. The molecule has 0 aliphatic carbocycles. The number of carbonyl (C=O) groups excluding carboxylic acids is 1. The molecule has 0 radical (unpaired) electrons. The summed E-state index contributed by atoms with van der Waals surface area (Å²) in [5, 5.41) is 0.395. The molecule has 1 unspecified atom stereocenters. The number of nitrogens with zero attached hydrogens (tertiary/aromatic N) is 1. The van der Waals surface area contributed by atoms with Gasteiger partial charge in [-0.2, -0.15) is 0 Å². The molecular formula is C20H20Cl2FNO4S. The molecule has 1 aliphatic rings. The average molecular weight is 460 g/mol. The molecule has 0 saturated carbocycles. The molecule has 1 atom stereocenters. The summed E-state index contributed by atoms with van der Waals surface area (Å²) in [4.78, 5) is 14.8. The summed E-state index contributed by atoms with van der Waals surface area (Å²) in [5.41, 5.74) is 0.919. The van der Waals surface area contributed by atoms with E-state index in [4.69, 9.17) is 27.9 Å². The summed E-state index contributed by atoms with van der Waals surface area (Å²) in [6.07, 6.45) is 0.341. The van der Waals surface area contributed by atoms with Crippen LogP contribution >= 0.6 is 23.2 Å². The van der Waals surface area contributed by atoms with Gasteiger partial charge in [0.25, 0.3) is 5.91 Å². The van der Waals surface area contributed by atoms with E-state index in [9.17, 15) is 17.6 Å². The Morgan fingerprint density at radius 1 is 1.21 bits per heavy atom. The van der Waals surface area contributed by atoms with Crippen LogP contribution in [0.5, 0.6) is 5.75 Å². The third-order valence-electron chi connectivity index (χ3n) is 4.71. The second-order valence-electron chi connectivity index (χ2n) is 6.82. The Balaban J connectivity index is 1.94. The van der Waals surface area contributed by atoms with Crippen LogP contribution in [-0.2, 0) is 16.4 Å². The van der Waals surface area contributed by atoms with Gasteiger partial charge in [-0.15, -0.1) is 0 Å². The standard InChI is InChI=1S/C20H20Cl2FNO4S/c1-2-28-19-17(21)9-14(10-18(19)22)20(25)24(16-7-8-29(26,27)12-16)11-13-3-5-15(23)6-4-13/h3-6,9-10,16H,2,7-8,11-12H2,1H3. The number of ether oxygens (including phenoxy) is 1. The Morgan fingerprint density at radius 3 is 2.34 bits per heavy atom. The molecule has 0 bridgehead atoms. The molecule has 2 aromatic carbocycles. The number of rotatable bonds is 6. The van der Waals surface area contributed by atoms with Gasteiger partial charge in [-0.1, -0.05) is 35.3 Å².